The number of nitrogens with zero attached hydrogens (tertiary/aromatic N) is 1. The van der Waals surface area contributed by atoms with Crippen LogP contribution in [0.3, 0.4) is 0 Å². The van der Waals surface area contributed by atoms with Crippen molar-refractivity contribution in [3.05, 3.63) is 29.0 Å². The van der Waals surface area contributed by atoms with E-state index in [0.29, 0.717) is 15.6 Å². The fourth-order valence-corrected chi connectivity index (χ4v) is 2.22. The number of aromatic nitrogens is 1. The number of carbonyl (C=O) groups is 1. The predicted octanol–water partition coefficient (Wildman–Crippen LogP) is 2.94. The Kier molecular flexibility index (Phi) is 4.09. The quantitative estimate of drug-likeness (QED) is 0.882. The van der Waals surface area contributed by atoms with Gasteiger partial charge >= 0.3 is 6.18 Å². The number of halogens is 3. The molecule has 0 aromatic carbocycles. The molecule has 0 bridgehead atoms. The average molecular weight is 306 g/mol. The highest BCUT2D eigenvalue weighted by Gasteiger charge is 2.28. The zero-order valence-electron chi connectivity index (χ0n) is 10.2. The average Bonchev–Trinajstić information content (AvgIpc) is 2.95. The number of furan rings is 1. The lowest BCUT2D eigenvalue weighted by atomic mass is 10.3. The first kappa shape index (κ1) is 14.5. The molecule has 2 aromatic rings. The molecule has 0 saturated carbocycles. The predicted molar refractivity (Wildman–Crippen MR) is 64.0 cm³/mol. The lowest BCUT2D eigenvalue weighted by molar-refractivity contribution is -0.184. The smallest absolute Gasteiger partial charge is 0.414 e. The highest BCUT2D eigenvalue weighted by Crippen LogP contribution is 2.27. The second-order valence-electron chi connectivity index (χ2n) is 3.74. The Labute approximate surface area is 115 Å². The van der Waals surface area contributed by atoms with Crippen LogP contribution >= 0.6 is 11.3 Å². The van der Waals surface area contributed by atoms with Crippen LogP contribution in [0.1, 0.15) is 15.4 Å². The number of nitrogens with one attached hydrogen (secondary N) is 1. The van der Waals surface area contributed by atoms with E-state index in [1.165, 1.54) is 17.6 Å². The zero-order valence-corrected chi connectivity index (χ0v) is 11.0. The molecule has 0 atom stereocenters. The van der Waals surface area contributed by atoms with Gasteiger partial charge in [-0.2, -0.15) is 13.2 Å². The van der Waals surface area contributed by atoms with Crippen molar-refractivity contribution in [3.8, 4) is 10.8 Å². The molecular weight excluding hydrogens is 297 g/mol. The molecule has 0 spiro atoms. The zero-order chi connectivity index (χ0) is 14.8. The van der Waals surface area contributed by atoms with Crippen LogP contribution in [-0.2, 0) is 4.84 Å². The Bertz CT molecular complexity index is 593. The third-order valence-corrected chi connectivity index (χ3v) is 3.13. The van der Waals surface area contributed by atoms with Gasteiger partial charge in [-0.1, -0.05) is 0 Å². The summed E-state index contributed by atoms with van der Waals surface area (Å²) in [6, 6.07) is 3.33. The Balaban J connectivity index is 2.04. The molecule has 2 rings (SSSR count). The van der Waals surface area contributed by atoms with Gasteiger partial charge in [-0.3, -0.25) is 9.63 Å². The molecule has 5 nitrogen and oxygen atoms in total. The number of hydroxylamine groups is 1. The number of thiazole rings is 1. The molecule has 20 heavy (non-hydrogen) atoms. The fourth-order valence-electron chi connectivity index (χ4n) is 1.34. The largest absolute Gasteiger partial charge is 0.462 e. The van der Waals surface area contributed by atoms with Crippen molar-refractivity contribution in [3.63, 3.8) is 0 Å². The third-order valence-electron chi connectivity index (χ3n) is 2.14. The lowest BCUT2D eigenvalue weighted by Crippen LogP contribution is -2.30. The summed E-state index contributed by atoms with van der Waals surface area (Å²) in [6.45, 7) is 0.0652. The standard InChI is InChI=1S/C11H9F3N2O3S/c1-6-8(9(17)16-19-5-11(12,13)14)15-10(20-6)7-3-2-4-18-7/h2-4H,5H2,1H3,(H,16,17). The molecule has 0 unspecified atom stereocenters. The Morgan fingerprint density at radius 1 is 1.55 bits per heavy atom. The molecule has 9 heteroatoms. The summed E-state index contributed by atoms with van der Waals surface area (Å²) in [4.78, 5) is 20.3. The van der Waals surface area contributed by atoms with Crippen molar-refractivity contribution in [2.45, 2.75) is 13.1 Å². The Hall–Kier alpha value is -1.87. The number of amides is 1. The van der Waals surface area contributed by atoms with Crippen LogP contribution in [-0.4, -0.2) is 23.7 Å². The van der Waals surface area contributed by atoms with Gasteiger partial charge in [0, 0.05) is 4.88 Å². The molecule has 0 aliphatic heterocycles. The number of aryl methyl sites for hydroxylation is 1. The molecule has 0 aliphatic rings. The summed E-state index contributed by atoms with van der Waals surface area (Å²) in [5.74, 6) is -0.353. The fraction of sp³-hybridized carbons (Fsp3) is 0.273. The van der Waals surface area contributed by atoms with E-state index in [-0.39, 0.29) is 5.69 Å². The van der Waals surface area contributed by atoms with Crippen LogP contribution in [0.5, 0.6) is 0 Å². The van der Waals surface area contributed by atoms with Gasteiger partial charge in [0.25, 0.3) is 5.91 Å². The van der Waals surface area contributed by atoms with E-state index < -0.39 is 18.7 Å². The van der Waals surface area contributed by atoms with Gasteiger partial charge in [0.2, 0.25) is 0 Å². The van der Waals surface area contributed by atoms with E-state index in [9.17, 15) is 18.0 Å². The second kappa shape index (κ2) is 5.63. The first-order chi connectivity index (χ1) is 9.37. The van der Waals surface area contributed by atoms with Gasteiger partial charge in [-0.05, 0) is 19.1 Å². The van der Waals surface area contributed by atoms with Crippen LogP contribution in [0, 0.1) is 6.92 Å². The SMILES string of the molecule is Cc1sc(-c2ccco2)nc1C(=O)NOCC(F)(F)F. The number of hydrogen-bond donors (Lipinski definition) is 1. The lowest BCUT2D eigenvalue weighted by Gasteiger charge is -2.07. The van der Waals surface area contributed by atoms with Gasteiger partial charge < -0.3 is 4.42 Å². The van der Waals surface area contributed by atoms with E-state index >= 15 is 0 Å². The van der Waals surface area contributed by atoms with Crippen molar-refractivity contribution in [1.29, 1.82) is 0 Å². The van der Waals surface area contributed by atoms with Crippen molar-refractivity contribution < 1.29 is 27.2 Å². The van der Waals surface area contributed by atoms with Gasteiger partial charge in [-0.25, -0.2) is 10.5 Å². The van der Waals surface area contributed by atoms with Crippen LogP contribution in [0.25, 0.3) is 10.8 Å². The highest BCUT2D eigenvalue weighted by molar-refractivity contribution is 7.15. The van der Waals surface area contributed by atoms with Crippen LogP contribution in [0.15, 0.2) is 22.8 Å². The van der Waals surface area contributed by atoms with E-state index in [4.69, 9.17) is 4.42 Å². The third kappa shape index (κ3) is 3.58. The first-order valence-corrected chi connectivity index (χ1v) is 6.18. The number of rotatable bonds is 4. The number of alkyl halides is 3. The van der Waals surface area contributed by atoms with Gasteiger partial charge in [0.05, 0.1) is 6.26 Å². The summed E-state index contributed by atoms with van der Waals surface area (Å²) in [5, 5.41) is 0.466. The summed E-state index contributed by atoms with van der Waals surface area (Å²) in [5.41, 5.74) is 1.71. The minimum atomic E-state index is -4.51. The molecule has 0 aliphatic carbocycles. The molecule has 1 amide bonds. The minimum Gasteiger partial charge on any atom is -0.462 e. The maximum atomic E-state index is 11.9. The number of hydrogen-bond acceptors (Lipinski definition) is 5. The molecule has 0 saturated heterocycles. The molecule has 2 heterocycles. The van der Waals surface area contributed by atoms with Crippen LogP contribution in [0.4, 0.5) is 13.2 Å². The molecule has 1 N–H and O–H groups in total. The van der Waals surface area contributed by atoms with Gasteiger partial charge in [-0.15, -0.1) is 11.3 Å². The topological polar surface area (TPSA) is 64.4 Å². The van der Waals surface area contributed by atoms with E-state index in [1.54, 1.807) is 24.5 Å². The molecule has 2 aromatic heterocycles. The molecule has 0 radical (unpaired) electrons. The number of carbonyl (C=O) groups excluding carboxylic acids is 1. The van der Waals surface area contributed by atoms with Crippen molar-refractivity contribution in [2.24, 2.45) is 0 Å². The van der Waals surface area contributed by atoms with E-state index in [0.717, 1.165) is 0 Å². The van der Waals surface area contributed by atoms with Crippen molar-refractivity contribution in [2.75, 3.05) is 6.61 Å². The first-order valence-electron chi connectivity index (χ1n) is 5.37. The summed E-state index contributed by atoms with van der Waals surface area (Å²) in [7, 11) is 0. The molecular formula is C11H9F3N2O3S. The highest BCUT2D eigenvalue weighted by atomic mass is 32.1. The molecule has 0 fully saturated rings. The maximum absolute atomic E-state index is 11.9. The summed E-state index contributed by atoms with van der Waals surface area (Å²) >= 11 is 1.20. The van der Waals surface area contributed by atoms with Gasteiger partial charge in [0.1, 0.15) is 5.69 Å². The Morgan fingerprint density at radius 3 is 2.90 bits per heavy atom. The monoisotopic (exact) mass is 306 g/mol. The normalized spacial score (nSPS) is 11.6. The summed E-state index contributed by atoms with van der Waals surface area (Å²) in [6.07, 6.45) is -3.05. The molecule has 108 valence electrons. The van der Waals surface area contributed by atoms with Crippen molar-refractivity contribution >= 4 is 17.2 Å². The van der Waals surface area contributed by atoms with Crippen LogP contribution in [0.2, 0.25) is 0 Å². The second-order valence-corrected chi connectivity index (χ2v) is 4.94. The maximum Gasteiger partial charge on any atom is 0.414 e. The van der Waals surface area contributed by atoms with E-state index in [2.05, 4.69) is 9.82 Å². The van der Waals surface area contributed by atoms with Gasteiger partial charge in [0.15, 0.2) is 17.4 Å². The Morgan fingerprint density at radius 2 is 2.30 bits per heavy atom. The van der Waals surface area contributed by atoms with Crippen LogP contribution < -0.4 is 5.48 Å². The van der Waals surface area contributed by atoms with Crippen molar-refractivity contribution in [1.82, 2.24) is 10.5 Å². The van der Waals surface area contributed by atoms with E-state index in [1.807, 2.05) is 0 Å². The minimum absolute atomic E-state index is 0.00331. The summed E-state index contributed by atoms with van der Waals surface area (Å²) < 4.78 is 40.8.